The van der Waals surface area contributed by atoms with Crippen molar-refractivity contribution < 1.29 is 13.5 Å². The fourth-order valence-electron chi connectivity index (χ4n) is 1.29. The van der Waals surface area contributed by atoms with E-state index in [9.17, 15) is 8.78 Å². The molecule has 1 nitrogen and oxygen atoms in total. The van der Waals surface area contributed by atoms with Gasteiger partial charge in [-0.1, -0.05) is 30.2 Å². The van der Waals surface area contributed by atoms with Crippen LogP contribution >= 0.6 is 23.2 Å². The highest BCUT2D eigenvalue weighted by Crippen LogP contribution is 2.27. The van der Waals surface area contributed by atoms with E-state index in [-0.39, 0.29) is 5.75 Å². The molecule has 1 aromatic carbocycles. The van der Waals surface area contributed by atoms with Crippen LogP contribution in [0.1, 0.15) is 18.9 Å². The summed E-state index contributed by atoms with van der Waals surface area (Å²) in [6.07, 6.45) is 2.46. The first-order valence-electron chi connectivity index (χ1n) is 5.06. The summed E-state index contributed by atoms with van der Waals surface area (Å²) in [4.78, 5) is 0. The second-order valence-corrected chi connectivity index (χ2v) is 4.05. The first kappa shape index (κ1) is 14.3. The molecule has 0 unspecified atom stereocenters. The Morgan fingerprint density at radius 2 is 2.18 bits per heavy atom. The number of halogens is 4. The minimum atomic E-state index is -2.86. The van der Waals surface area contributed by atoms with E-state index in [0.717, 1.165) is 12.0 Å². The largest absolute Gasteiger partial charge is 0.434 e. The number of benzene rings is 1. The summed E-state index contributed by atoms with van der Waals surface area (Å²) >= 11 is 11.5. The lowest BCUT2D eigenvalue weighted by molar-refractivity contribution is -0.0499. The normalized spacial score (nSPS) is 12.0. The van der Waals surface area contributed by atoms with Crippen LogP contribution in [-0.2, 0) is 0 Å². The van der Waals surface area contributed by atoms with Crippen LogP contribution in [0.5, 0.6) is 5.75 Å². The Labute approximate surface area is 109 Å². The van der Waals surface area contributed by atoms with Crippen molar-refractivity contribution in [1.29, 1.82) is 0 Å². The Kier molecular flexibility index (Phi) is 5.72. The molecule has 0 radical (unpaired) electrons. The maximum atomic E-state index is 12.2. The highest BCUT2D eigenvalue weighted by molar-refractivity contribution is 6.30. The predicted octanol–water partition coefficient (Wildman–Crippen LogP) is 4.97. The zero-order valence-corrected chi connectivity index (χ0v) is 10.7. The summed E-state index contributed by atoms with van der Waals surface area (Å²) < 4.78 is 28.8. The lowest BCUT2D eigenvalue weighted by Crippen LogP contribution is -2.03. The molecule has 0 N–H and O–H groups in total. The van der Waals surface area contributed by atoms with E-state index < -0.39 is 6.61 Å². The van der Waals surface area contributed by atoms with Crippen molar-refractivity contribution in [2.24, 2.45) is 0 Å². The number of allylic oxidation sites excluding steroid dienone is 1. The summed E-state index contributed by atoms with van der Waals surface area (Å²) in [7, 11) is 0. The van der Waals surface area contributed by atoms with Crippen molar-refractivity contribution in [1.82, 2.24) is 0 Å². The molecule has 0 saturated heterocycles. The number of hydrogen-bond acceptors (Lipinski definition) is 1. The third kappa shape index (κ3) is 4.52. The minimum absolute atomic E-state index is 0.0977. The molecule has 1 rings (SSSR count). The van der Waals surface area contributed by atoms with Crippen LogP contribution in [0.3, 0.4) is 0 Å². The van der Waals surface area contributed by atoms with Crippen LogP contribution in [0.25, 0.3) is 6.08 Å². The molecular weight excluding hydrogens is 269 g/mol. The van der Waals surface area contributed by atoms with Crippen LogP contribution < -0.4 is 4.74 Å². The molecule has 0 aliphatic heterocycles. The van der Waals surface area contributed by atoms with Crippen molar-refractivity contribution >= 4 is 29.3 Å². The quantitative estimate of drug-likeness (QED) is 0.692. The van der Waals surface area contributed by atoms with Crippen LogP contribution in [0.2, 0.25) is 5.02 Å². The maximum absolute atomic E-state index is 12.2. The second-order valence-electron chi connectivity index (χ2n) is 3.35. The van der Waals surface area contributed by atoms with E-state index in [4.69, 9.17) is 23.2 Å². The van der Waals surface area contributed by atoms with Crippen molar-refractivity contribution in [3.63, 3.8) is 0 Å². The summed E-state index contributed by atoms with van der Waals surface area (Å²) in [5.74, 6) is 0.442. The van der Waals surface area contributed by atoms with Gasteiger partial charge in [-0.15, -0.1) is 11.6 Å². The first-order chi connectivity index (χ1) is 8.06. The molecule has 5 heteroatoms. The highest BCUT2D eigenvalue weighted by Gasteiger charge is 2.09. The standard InChI is InChI=1S/C12H12Cl2F2O/c1-2-8(7-13)5-9-6-10(14)3-4-11(9)17-12(15)16/h3-6,12H,2,7H2,1H3. The average molecular weight is 281 g/mol. The number of rotatable bonds is 5. The van der Waals surface area contributed by atoms with Crippen LogP contribution in [0.4, 0.5) is 8.78 Å². The van der Waals surface area contributed by atoms with Gasteiger partial charge in [-0.3, -0.25) is 0 Å². The topological polar surface area (TPSA) is 9.23 Å². The van der Waals surface area contributed by atoms with Gasteiger partial charge in [-0.2, -0.15) is 8.78 Å². The van der Waals surface area contributed by atoms with Gasteiger partial charge in [0.05, 0.1) is 0 Å². The van der Waals surface area contributed by atoms with Crippen LogP contribution in [0.15, 0.2) is 23.8 Å². The Morgan fingerprint density at radius 1 is 1.47 bits per heavy atom. The molecule has 0 atom stereocenters. The van der Waals surface area contributed by atoms with E-state index in [1.165, 1.54) is 12.1 Å². The summed E-state index contributed by atoms with van der Waals surface area (Å²) in [6, 6.07) is 4.49. The van der Waals surface area contributed by atoms with Gasteiger partial charge in [0.15, 0.2) is 0 Å². The zero-order valence-electron chi connectivity index (χ0n) is 9.22. The fraction of sp³-hybridized carbons (Fsp3) is 0.333. The van der Waals surface area contributed by atoms with E-state index in [0.29, 0.717) is 16.5 Å². The molecule has 0 amide bonds. The maximum Gasteiger partial charge on any atom is 0.387 e. The highest BCUT2D eigenvalue weighted by atomic mass is 35.5. The molecule has 0 saturated carbocycles. The van der Waals surface area contributed by atoms with Crippen LogP contribution in [0, 0.1) is 0 Å². The van der Waals surface area contributed by atoms with Gasteiger partial charge < -0.3 is 4.74 Å². The van der Waals surface area contributed by atoms with Gasteiger partial charge in [0, 0.05) is 16.5 Å². The number of ether oxygens (including phenoxy) is 1. The zero-order chi connectivity index (χ0) is 12.8. The van der Waals surface area contributed by atoms with Gasteiger partial charge in [-0.05, 0) is 24.6 Å². The van der Waals surface area contributed by atoms with E-state index in [2.05, 4.69) is 4.74 Å². The summed E-state index contributed by atoms with van der Waals surface area (Å²) in [6.45, 7) is -0.920. The van der Waals surface area contributed by atoms with E-state index in [1.807, 2.05) is 6.92 Å². The number of alkyl halides is 3. The van der Waals surface area contributed by atoms with Gasteiger partial charge >= 0.3 is 6.61 Å². The van der Waals surface area contributed by atoms with Crippen molar-refractivity contribution in [3.8, 4) is 5.75 Å². The molecular formula is C12H12Cl2F2O. The lowest BCUT2D eigenvalue weighted by atomic mass is 10.1. The van der Waals surface area contributed by atoms with Crippen molar-refractivity contribution in [3.05, 3.63) is 34.4 Å². The van der Waals surface area contributed by atoms with Crippen LogP contribution in [-0.4, -0.2) is 12.5 Å². The SMILES string of the molecule is CCC(=Cc1cc(Cl)ccc1OC(F)F)CCl. The van der Waals surface area contributed by atoms with Gasteiger partial charge in [0.1, 0.15) is 5.75 Å². The van der Waals surface area contributed by atoms with Gasteiger partial charge in [0.2, 0.25) is 0 Å². The van der Waals surface area contributed by atoms with E-state index >= 15 is 0 Å². The summed E-state index contributed by atoms with van der Waals surface area (Å²) in [5, 5.41) is 0.461. The smallest absolute Gasteiger partial charge is 0.387 e. The van der Waals surface area contributed by atoms with E-state index in [1.54, 1.807) is 12.1 Å². The fourth-order valence-corrected chi connectivity index (χ4v) is 1.74. The molecule has 0 bridgehead atoms. The Morgan fingerprint density at radius 3 is 2.71 bits per heavy atom. The van der Waals surface area contributed by atoms with Crippen molar-refractivity contribution in [2.45, 2.75) is 20.0 Å². The van der Waals surface area contributed by atoms with Gasteiger partial charge in [0.25, 0.3) is 0 Å². The molecule has 0 aromatic heterocycles. The number of hydrogen-bond donors (Lipinski definition) is 0. The third-order valence-electron chi connectivity index (χ3n) is 2.17. The van der Waals surface area contributed by atoms with Gasteiger partial charge in [-0.25, -0.2) is 0 Å². The lowest BCUT2D eigenvalue weighted by Gasteiger charge is -2.09. The van der Waals surface area contributed by atoms with Crippen molar-refractivity contribution in [2.75, 3.05) is 5.88 Å². The monoisotopic (exact) mass is 280 g/mol. The summed E-state index contributed by atoms with van der Waals surface area (Å²) in [5.41, 5.74) is 1.43. The molecule has 0 heterocycles. The Hall–Kier alpha value is -0.800. The molecule has 0 spiro atoms. The Balaban J connectivity index is 3.10. The minimum Gasteiger partial charge on any atom is -0.434 e. The molecule has 17 heavy (non-hydrogen) atoms. The first-order valence-corrected chi connectivity index (χ1v) is 5.97. The molecule has 1 aromatic rings. The predicted molar refractivity (Wildman–Crippen MR) is 67.1 cm³/mol. The third-order valence-corrected chi connectivity index (χ3v) is 2.75. The average Bonchev–Trinajstić information content (AvgIpc) is 2.28. The molecule has 0 aliphatic rings. The molecule has 0 fully saturated rings. The Bertz CT molecular complexity index is 399. The molecule has 0 aliphatic carbocycles. The second kappa shape index (κ2) is 6.82. The molecule has 94 valence electrons.